The molecule has 0 fully saturated rings. The number of hydrogen-bond acceptors (Lipinski definition) is 6. The van der Waals surface area contributed by atoms with Crippen LogP contribution >= 0.6 is 23.1 Å². The van der Waals surface area contributed by atoms with Gasteiger partial charge in [-0.25, -0.2) is 4.79 Å². The third kappa shape index (κ3) is 5.89. The van der Waals surface area contributed by atoms with Crippen molar-refractivity contribution in [2.24, 2.45) is 5.92 Å². The van der Waals surface area contributed by atoms with Crippen LogP contribution in [0.2, 0.25) is 0 Å². The number of carbonyl (C=O) groups excluding carboxylic acids is 3. The first-order chi connectivity index (χ1) is 14.8. The van der Waals surface area contributed by atoms with Gasteiger partial charge in [-0.2, -0.15) is 0 Å². The van der Waals surface area contributed by atoms with Gasteiger partial charge < -0.3 is 10.1 Å². The number of imide groups is 1. The Hall–Kier alpha value is -2.32. The van der Waals surface area contributed by atoms with Crippen LogP contribution in [0.25, 0.3) is 0 Å². The number of benzene rings is 1. The predicted octanol–water partition coefficient (Wildman–Crippen LogP) is 5.51. The van der Waals surface area contributed by atoms with Crippen LogP contribution in [0.3, 0.4) is 0 Å². The van der Waals surface area contributed by atoms with Gasteiger partial charge in [0.15, 0.2) is 0 Å². The second kappa shape index (κ2) is 10.3. The zero-order valence-electron chi connectivity index (χ0n) is 18.2. The smallest absolute Gasteiger partial charge is 0.414 e. The van der Waals surface area contributed by atoms with E-state index in [0.29, 0.717) is 27.3 Å². The number of amides is 3. The molecule has 2 N–H and O–H groups in total. The molecule has 8 heteroatoms. The van der Waals surface area contributed by atoms with Gasteiger partial charge in [0, 0.05) is 20.6 Å². The lowest BCUT2D eigenvalue weighted by atomic mass is 9.88. The highest BCUT2D eigenvalue weighted by Gasteiger charge is 2.29. The van der Waals surface area contributed by atoms with Crippen molar-refractivity contribution in [2.45, 2.75) is 57.1 Å². The van der Waals surface area contributed by atoms with Crippen molar-refractivity contribution < 1.29 is 19.1 Å². The van der Waals surface area contributed by atoms with Crippen LogP contribution in [0.1, 0.15) is 65.3 Å². The number of ether oxygens (including phenoxy) is 1. The summed E-state index contributed by atoms with van der Waals surface area (Å²) in [5.41, 5.74) is 1.83. The van der Waals surface area contributed by atoms with E-state index in [4.69, 9.17) is 4.74 Å². The molecule has 166 valence electrons. The van der Waals surface area contributed by atoms with Gasteiger partial charge in [-0.15, -0.1) is 23.1 Å². The van der Waals surface area contributed by atoms with E-state index in [1.165, 1.54) is 11.3 Å². The van der Waals surface area contributed by atoms with Gasteiger partial charge in [0.1, 0.15) is 5.00 Å². The fourth-order valence-corrected chi connectivity index (χ4v) is 5.86. The predicted molar refractivity (Wildman–Crippen MR) is 125 cm³/mol. The average Bonchev–Trinajstić information content (AvgIpc) is 3.04. The van der Waals surface area contributed by atoms with E-state index in [1.54, 1.807) is 24.8 Å². The topological polar surface area (TPSA) is 84.5 Å². The highest BCUT2D eigenvalue weighted by Crippen LogP contribution is 2.40. The van der Waals surface area contributed by atoms with Gasteiger partial charge in [-0.05, 0) is 55.9 Å². The standard InChI is InChI=1S/C23H28N2O4S2/c1-5-29-23(28)25-21(27)19-17-10-9-14(4)11-18(17)31-22(19)24-20(26)15-7-6-8-16(12-15)30-13(2)3/h6-8,12-14H,5,9-11H2,1-4H3,(H,24,26)(H,25,27,28). The maximum Gasteiger partial charge on any atom is 0.414 e. The lowest BCUT2D eigenvalue weighted by Gasteiger charge is -2.18. The van der Waals surface area contributed by atoms with Crippen LogP contribution in [0.15, 0.2) is 29.2 Å². The second-order valence-electron chi connectivity index (χ2n) is 7.88. The molecule has 1 aromatic carbocycles. The SMILES string of the molecule is CCOC(=O)NC(=O)c1c(NC(=O)c2cccc(SC(C)C)c2)sc2c1CCC(C)C2. The molecule has 1 aliphatic rings. The lowest BCUT2D eigenvalue weighted by Crippen LogP contribution is -2.32. The summed E-state index contributed by atoms with van der Waals surface area (Å²) in [4.78, 5) is 39.8. The van der Waals surface area contributed by atoms with Crippen molar-refractivity contribution in [1.29, 1.82) is 0 Å². The first-order valence-electron chi connectivity index (χ1n) is 10.5. The van der Waals surface area contributed by atoms with E-state index >= 15 is 0 Å². The molecule has 3 amide bonds. The Kier molecular flexibility index (Phi) is 7.78. The number of thioether (sulfide) groups is 1. The fourth-order valence-electron chi connectivity index (χ4n) is 3.56. The van der Waals surface area contributed by atoms with Crippen LogP contribution in [0.4, 0.5) is 9.80 Å². The minimum atomic E-state index is -0.785. The first kappa shape index (κ1) is 23.3. The zero-order chi connectivity index (χ0) is 22.5. The minimum absolute atomic E-state index is 0.173. The molecule has 0 aliphatic heterocycles. The molecule has 1 aliphatic carbocycles. The number of alkyl carbamates (subject to hydrolysis) is 1. The molecule has 1 atom stereocenters. The molecule has 0 spiro atoms. The van der Waals surface area contributed by atoms with E-state index in [2.05, 4.69) is 31.4 Å². The zero-order valence-corrected chi connectivity index (χ0v) is 19.9. The van der Waals surface area contributed by atoms with Gasteiger partial charge in [0.05, 0.1) is 12.2 Å². The molecule has 1 aromatic heterocycles. The summed E-state index contributed by atoms with van der Waals surface area (Å²) in [6.07, 6.45) is 1.78. The van der Waals surface area contributed by atoms with Gasteiger partial charge >= 0.3 is 6.09 Å². The fraction of sp³-hybridized carbons (Fsp3) is 0.435. The summed E-state index contributed by atoms with van der Waals surface area (Å²) >= 11 is 3.11. The molecule has 2 aromatic rings. The van der Waals surface area contributed by atoms with Crippen LogP contribution in [0.5, 0.6) is 0 Å². The number of hydrogen-bond donors (Lipinski definition) is 2. The van der Waals surface area contributed by atoms with Gasteiger partial charge in [-0.1, -0.05) is 26.8 Å². The Bertz CT molecular complexity index is 984. The quantitative estimate of drug-likeness (QED) is 0.555. The van der Waals surface area contributed by atoms with E-state index in [1.807, 2.05) is 18.2 Å². The molecular weight excluding hydrogens is 432 g/mol. The number of rotatable bonds is 6. The van der Waals surface area contributed by atoms with Crippen molar-refractivity contribution >= 4 is 46.0 Å². The van der Waals surface area contributed by atoms with Crippen LogP contribution in [-0.2, 0) is 17.6 Å². The number of anilines is 1. The maximum atomic E-state index is 13.0. The monoisotopic (exact) mass is 460 g/mol. The summed E-state index contributed by atoms with van der Waals surface area (Å²) < 4.78 is 4.85. The molecule has 3 rings (SSSR count). The third-order valence-corrected chi connectivity index (χ3v) is 7.09. The highest BCUT2D eigenvalue weighted by atomic mass is 32.2. The molecule has 0 saturated heterocycles. The summed E-state index contributed by atoms with van der Waals surface area (Å²) in [6, 6.07) is 7.45. The van der Waals surface area contributed by atoms with Crippen LogP contribution in [-0.4, -0.2) is 29.8 Å². The summed E-state index contributed by atoms with van der Waals surface area (Å²) in [5, 5.41) is 6.09. The van der Waals surface area contributed by atoms with E-state index < -0.39 is 12.0 Å². The van der Waals surface area contributed by atoms with Crippen LogP contribution in [0, 0.1) is 5.92 Å². The Morgan fingerprint density at radius 1 is 1.26 bits per heavy atom. The number of carbonyl (C=O) groups is 3. The minimum Gasteiger partial charge on any atom is -0.450 e. The van der Waals surface area contributed by atoms with E-state index in [-0.39, 0.29) is 12.5 Å². The molecule has 6 nitrogen and oxygen atoms in total. The largest absolute Gasteiger partial charge is 0.450 e. The Morgan fingerprint density at radius 3 is 2.74 bits per heavy atom. The third-order valence-electron chi connectivity index (χ3n) is 4.92. The van der Waals surface area contributed by atoms with E-state index in [9.17, 15) is 14.4 Å². The maximum absolute atomic E-state index is 13.0. The number of fused-ring (bicyclic) bond motifs is 1. The molecular formula is C23H28N2O4S2. The molecule has 1 unspecified atom stereocenters. The first-order valence-corrected chi connectivity index (χ1v) is 12.2. The molecule has 1 heterocycles. The summed E-state index contributed by atoms with van der Waals surface area (Å²) in [7, 11) is 0. The van der Waals surface area contributed by atoms with Crippen LogP contribution < -0.4 is 10.6 Å². The van der Waals surface area contributed by atoms with Gasteiger partial charge in [0.25, 0.3) is 11.8 Å². The van der Waals surface area contributed by atoms with E-state index in [0.717, 1.165) is 34.6 Å². The van der Waals surface area contributed by atoms with Crippen molar-refractivity contribution in [2.75, 3.05) is 11.9 Å². The van der Waals surface area contributed by atoms with Crippen molar-refractivity contribution in [1.82, 2.24) is 5.32 Å². The lowest BCUT2D eigenvalue weighted by molar-refractivity contribution is 0.0925. The number of thiophene rings is 1. The number of nitrogens with one attached hydrogen (secondary N) is 2. The normalized spacial score (nSPS) is 15.3. The molecule has 0 saturated carbocycles. The highest BCUT2D eigenvalue weighted by molar-refractivity contribution is 7.99. The van der Waals surface area contributed by atoms with Crippen molar-refractivity contribution in [3.63, 3.8) is 0 Å². The second-order valence-corrected chi connectivity index (χ2v) is 10.6. The van der Waals surface area contributed by atoms with Gasteiger partial charge in [-0.3, -0.25) is 14.9 Å². The Labute approximate surface area is 191 Å². The molecule has 0 radical (unpaired) electrons. The van der Waals surface area contributed by atoms with Gasteiger partial charge in [0.2, 0.25) is 0 Å². The molecule has 31 heavy (non-hydrogen) atoms. The Balaban J connectivity index is 1.89. The average molecular weight is 461 g/mol. The summed E-state index contributed by atoms with van der Waals surface area (Å²) in [6.45, 7) is 8.23. The molecule has 0 bridgehead atoms. The Morgan fingerprint density at radius 2 is 2.03 bits per heavy atom. The van der Waals surface area contributed by atoms with Crippen molar-refractivity contribution in [3.8, 4) is 0 Å². The van der Waals surface area contributed by atoms with Crippen molar-refractivity contribution in [3.05, 3.63) is 45.8 Å². The summed E-state index contributed by atoms with van der Waals surface area (Å²) in [5.74, 6) is -0.298.